The van der Waals surface area contributed by atoms with Gasteiger partial charge in [-0.15, -0.1) is 0 Å². The minimum atomic E-state index is 0. The average molecular weight is 416 g/mol. The van der Waals surface area contributed by atoms with Crippen LogP contribution in [0.4, 0.5) is 0 Å². The molecule has 0 aliphatic rings. The van der Waals surface area contributed by atoms with Gasteiger partial charge < -0.3 is 34.0 Å². The molecule has 2 heterocycles. The topological polar surface area (TPSA) is 41.9 Å². The first-order valence-corrected chi connectivity index (χ1v) is 6.20. The molecule has 0 aromatic carbocycles. The molecule has 4 nitrogen and oxygen atoms in total. The van der Waals surface area contributed by atoms with Gasteiger partial charge in [-0.25, -0.2) is 9.13 Å². The second-order valence-electron chi connectivity index (χ2n) is 4.33. The van der Waals surface area contributed by atoms with Crippen molar-refractivity contribution in [1.82, 2.24) is 0 Å². The highest BCUT2D eigenvalue weighted by Gasteiger charge is 2.04. The van der Waals surface area contributed by atoms with E-state index in [1.807, 2.05) is 33.9 Å². The van der Waals surface area contributed by atoms with Crippen LogP contribution in [0.3, 0.4) is 0 Å². The number of halogens is 2. The molecule has 2 aromatic rings. The van der Waals surface area contributed by atoms with E-state index in [9.17, 15) is 9.59 Å². The van der Waals surface area contributed by atoms with Gasteiger partial charge in [-0.05, 0) is 0 Å². The highest BCUT2D eigenvalue weighted by Crippen LogP contribution is 1.92. The number of aromatic nitrogens is 2. The standard InChI is InChI=1S/C15H16N2O2.2BrH/c18-12-14-2-8-16(9-3-14)6-1-7-17-10-4-15(13-19)5-11-17;;/h2-5,8-13H,1,6-7H2;2*1H/q+2;;/p-2. The molecule has 0 fully saturated rings. The molecular formula is C15H16Br2N2O2. The van der Waals surface area contributed by atoms with Gasteiger partial charge in [0.15, 0.2) is 50.4 Å². The van der Waals surface area contributed by atoms with Crippen molar-refractivity contribution in [3.05, 3.63) is 60.2 Å². The summed E-state index contributed by atoms with van der Waals surface area (Å²) in [5.74, 6) is 0. The Morgan fingerprint density at radius 1 is 0.714 bits per heavy atom. The number of carbonyl (C=O) groups is 2. The molecule has 0 unspecified atom stereocenters. The quantitative estimate of drug-likeness (QED) is 0.350. The summed E-state index contributed by atoms with van der Waals surface area (Å²) < 4.78 is 4.10. The van der Waals surface area contributed by atoms with Gasteiger partial charge in [0, 0.05) is 35.4 Å². The highest BCUT2D eigenvalue weighted by atomic mass is 79.9. The second kappa shape index (κ2) is 10.3. The maximum atomic E-state index is 10.5. The lowest BCUT2D eigenvalue weighted by molar-refractivity contribution is -0.726. The number of carbonyl (C=O) groups excluding carboxylic acids is 2. The minimum absolute atomic E-state index is 0. The number of rotatable bonds is 6. The molecule has 0 spiro atoms. The monoisotopic (exact) mass is 414 g/mol. The zero-order valence-corrected chi connectivity index (χ0v) is 14.5. The third kappa shape index (κ3) is 6.27. The van der Waals surface area contributed by atoms with Crippen LogP contribution >= 0.6 is 0 Å². The zero-order chi connectivity index (χ0) is 13.5. The molecule has 0 aliphatic heterocycles. The Kier molecular flexibility index (Phi) is 9.65. The van der Waals surface area contributed by atoms with Gasteiger partial charge in [-0.2, -0.15) is 0 Å². The van der Waals surface area contributed by atoms with Gasteiger partial charge >= 0.3 is 0 Å². The molecule has 0 saturated heterocycles. The van der Waals surface area contributed by atoms with Gasteiger partial charge in [-0.3, -0.25) is 9.59 Å². The first-order chi connectivity index (χ1) is 9.31. The van der Waals surface area contributed by atoms with Crippen LogP contribution in [0, 0.1) is 0 Å². The van der Waals surface area contributed by atoms with Crippen LogP contribution in [0.5, 0.6) is 0 Å². The van der Waals surface area contributed by atoms with Crippen molar-refractivity contribution in [3.63, 3.8) is 0 Å². The van der Waals surface area contributed by atoms with Gasteiger partial charge in [-0.1, -0.05) is 0 Å². The molecule has 0 radical (unpaired) electrons. The largest absolute Gasteiger partial charge is 1.00 e. The van der Waals surface area contributed by atoms with E-state index in [-0.39, 0.29) is 34.0 Å². The molecule has 0 saturated carbocycles. The molecule has 0 atom stereocenters. The molecular weight excluding hydrogens is 400 g/mol. The lowest BCUT2D eigenvalue weighted by Crippen LogP contribution is -3.00. The van der Waals surface area contributed by atoms with E-state index < -0.39 is 0 Å². The Morgan fingerprint density at radius 2 is 1.05 bits per heavy atom. The SMILES string of the molecule is O=Cc1cc[n+](CCC[n+]2ccc(C=O)cc2)cc1.[Br-].[Br-]. The van der Waals surface area contributed by atoms with Crippen LogP contribution in [0.1, 0.15) is 27.1 Å². The Morgan fingerprint density at radius 3 is 1.33 bits per heavy atom. The predicted octanol–water partition coefficient (Wildman–Crippen LogP) is -5.02. The van der Waals surface area contributed by atoms with Crippen molar-refractivity contribution in [2.24, 2.45) is 0 Å². The fraction of sp³-hybridized carbons (Fsp3) is 0.200. The molecule has 0 bridgehead atoms. The lowest BCUT2D eigenvalue weighted by Gasteiger charge is -1.97. The molecule has 21 heavy (non-hydrogen) atoms. The van der Waals surface area contributed by atoms with E-state index in [4.69, 9.17) is 0 Å². The number of nitrogens with zero attached hydrogens (tertiary/aromatic N) is 2. The Labute approximate surface area is 145 Å². The number of hydrogen-bond donors (Lipinski definition) is 0. The van der Waals surface area contributed by atoms with Gasteiger partial charge in [0.05, 0.1) is 6.42 Å². The van der Waals surface area contributed by atoms with E-state index in [0.29, 0.717) is 11.1 Å². The Balaban J connectivity index is 0.00000200. The average Bonchev–Trinajstić information content (AvgIpc) is 2.49. The summed E-state index contributed by atoms with van der Waals surface area (Å²) >= 11 is 0. The zero-order valence-electron chi connectivity index (χ0n) is 11.4. The first-order valence-electron chi connectivity index (χ1n) is 6.20. The van der Waals surface area contributed by atoms with Crippen molar-refractivity contribution < 1.29 is 52.7 Å². The summed E-state index contributed by atoms with van der Waals surface area (Å²) in [5, 5.41) is 0. The maximum absolute atomic E-state index is 10.5. The smallest absolute Gasteiger partial charge is 0.169 e. The molecule has 2 aromatic heterocycles. The van der Waals surface area contributed by atoms with Crippen molar-refractivity contribution in [2.45, 2.75) is 19.5 Å². The van der Waals surface area contributed by atoms with Crippen molar-refractivity contribution in [1.29, 1.82) is 0 Å². The highest BCUT2D eigenvalue weighted by molar-refractivity contribution is 5.74. The van der Waals surface area contributed by atoms with E-state index in [1.165, 1.54) is 0 Å². The summed E-state index contributed by atoms with van der Waals surface area (Å²) in [4.78, 5) is 21.1. The summed E-state index contributed by atoms with van der Waals surface area (Å²) in [5.41, 5.74) is 1.38. The van der Waals surface area contributed by atoms with Crippen LogP contribution in [0.2, 0.25) is 0 Å². The van der Waals surface area contributed by atoms with Crippen LogP contribution in [0.15, 0.2) is 49.1 Å². The molecule has 0 aliphatic carbocycles. The maximum Gasteiger partial charge on any atom is 0.169 e. The summed E-state index contributed by atoms with van der Waals surface area (Å²) in [6, 6.07) is 7.22. The van der Waals surface area contributed by atoms with Gasteiger partial charge in [0.2, 0.25) is 0 Å². The summed E-state index contributed by atoms with van der Waals surface area (Å²) in [6.45, 7) is 1.78. The van der Waals surface area contributed by atoms with E-state index in [2.05, 4.69) is 0 Å². The second-order valence-corrected chi connectivity index (χ2v) is 4.33. The lowest BCUT2D eigenvalue weighted by atomic mass is 10.3. The van der Waals surface area contributed by atoms with Crippen LogP contribution in [-0.4, -0.2) is 12.6 Å². The number of hydrogen-bond acceptors (Lipinski definition) is 2. The van der Waals surface area contributed by atoms with Crippen LogP contribution in [0.25, 0.3) is 0 Å². The van der Waals surface area contributed by atoms with Gasteiger partial charge in [0.25, 0.3) is 0 Å². The van der Waals surface area contributed by atoms with Crippen molar-refractivity contribution in [2.75, 3.05) is 0 Å². The third-order valence-electron chi connectivity index (χ3n) is 2.94. The fourth-order valence-electron chi connectivity index (χ4n) is 1.83. The van der Waals surface area contributed by atoms with Crippen molar-refractivity contribution >= 4 is 12.6 Å². The van der Waals surface area contributed by atoms with Crippen LogP contribution in [-0.2, 0) is 13.1 Å². The minimum Gasteiger partial charge on any atom is -1.00 e. The number of aryl methyl sites for hydroxylation is 2. The number of pyridine rings is 2. The molecule has 112 valence electrons. The fourth-order valence-corrected chi connectivity index (χ4v) is 1.83. The molecule has 6 heteroatoms. The molecule has 0 amide bonds. The summed E-state index contributed by atoms with van der Waals surface area (Å²) in [6.07, 6.45) is 10.3. The van der Waals surface area contributed by atoms with E-state index in [1.54, 1.807) is 24.3 Å². The Hall–Kier alpha value is -1.40. The normalized spacial score (nSPS) is 9.14. The first kappa shape index (κ1) is 19.6. The molecule has 2 rings (SSSR count). The molecule has 0 N–H and O–H groups in total. The van der Waals surface area contributed by atoms with E-state index in [0.717, 1.165) is 32.1 Å². The third-order valence-corrected chi connectivity index (χ3v) is 2.94. The van der Waals surface area contributed by atoms with E-state index >= 15 is 0 Å². The number of aldehydes is 2. The van der Waals surface area contributed by atoms with Gasteiger partial charge in [0.1, 0.15) is 0 Å². The Bertz CT molecular complexity index is 505. The predicted molar refractivity (Wildman–Crippen MR) is 68.7 cm³/mol. The van der Waals surface area contributed by atoms with Crippen molar-refractivity contribution in [3.8, 4) is 0 Å². The summed E-state index contributed by atoms with van der Waals surface area (Å²) in [7, 11) is 0. The van der Waals surface area contributed by atoms with Crippen LogP contribution < -0.4 is 43.1 Å².